The van der Waals surface area contributed by atoms with E-state index in [1.54, 1.807) is 5.57 Å². The van der Waals surface area contributed by atoms with Gasteiger partial charge in [-0.1, -0.05) is 148 Å². The molecule has 3 heteroatoms. The molecule has 5 aliphatic rings. The molecule has 1 aliphatic heterocycles. The molecule has 5 aromatic rings. The minimum absolute atomic E-state index is 0.0138. The van der Waals surface area contributed by atoms with Crippen LogP contribution < -0.4 is 9.64 Å². The molecule has 0 saturated carbocycles. The molecule has 6 unspecified atom stereocenters. The van der Waals surface area contributed by atoms with Crippen LogP contribution in [0, 0.1) is 23.2 Å². The Morgan fingerprint density at radius 1 is 0.815 bits per heavy atom. The zero-order chi connectivity index (χ0) is 36.4. The Balaban J connectivity index is 0.962. The predicted molar refractivity (Wildman–Crippen MR) is 229 cm³/mol. The van der Waals surface area contributed by atoms with E-state index in [1.807, 2.05) is 11.3 Å². The summed E-state index contributed by atoms with van der Waals surface area (Å²) in [5.41, 5.74) is 12.1. The Kier molecular flexibility index (Phi) is 8.25. The normalized spacial score (nSPS) is 26.8. The lowest BCUT2D eigenvalue weighted by atomic mass is 9.70. The Morgan fingerprint density at radius 2 is 1.59 bits per heavy atom. The number of thiophene rings is 1. The van der Waals surface area contributed by atoms with Crippen molar-refractivity contribution in [3.8, 4) is 16.9 Å². The Hall–Kier alpha value is -5.12. The lowest BCUT2D eigenvalue weighted by molar-refractivity contribution is 0.234. The quantitative estimate of drug-likeness (QED) is 0.173. The monoisotopic (exact) mass is 721 g/mol. The van der Waals surface area contributed by atoms with Crippen molar-refractivity contribution in [2.45, 2.75) is 58.6 Å². The van der Waals surface area contributed by atoms with Crippen molar-refractivity contribution in [1.82, 2.24) is 0 Å². The molecule has 0 radical (unpaired) electrons. The van der Waals surface area contributed by atoms with E-state index in [1.165, 1.54) is 59.7 Å². The van der Waals surface area contributed by atoms with Crippen LogP contribution in [0.1, 0.15) is 56.0 Å². The first-order chi connectivity index (χ1) is 26.4. The van der Waals surface area contributed by atoms with Crippen LogP contribution in [0.15, 0.2) is 163 Å². The van der Waals surface area contributed by atoms with E-state index in [2.05, 4.69) is 177 Å². The summed E-state index contributed by atoms with van der Waals surface area (Å²) in [6.07, 6.45) is 24.3. The van der Waals surface area contributed by atoms with Crippen molar-refractivity contribution in [3.05, 3.63) is 179 Å². The first kappa shape index (κ1) is 33.4. The van der Waals surface area contributed by atoms with Gasteiger partial charge in [0, 0.05) is 43.4 Å². The lowest BCUT2D eigenvalue weighted by Crippen LogP contribution is -2.36. The highest BCUT2D eigenvalue weighted by Crippen LogP contribution is 2.50. The van der Waals surface area contributed by atoms with E-state index < -0.39 is 0 Å². The maximum absolute atomic E-state index is 6.35. The van der Waals surface area contributed by atoms with Gasteiger partial charge in [-0.15, -0.1) is 11.3 Å². The van der Waals surface area contributed by atoms with Gasteiger partial charge in [-0.25, -0.2) is 0 Å². The number of para-hydroxylation sites is 1. The Bertz CT molecular complexity index is 2440. The molecule has 4 aliphatic carbocycles. The first-order valence-electron chi connectivity index (χ1n) is 19.9. The lowest BCUT2D eigenvalue weighted by Gasteiger charge is -2.40. The van der Waals surface area contributed by atoms with Crippen molar-refractivity contribution >= 4 is 38.8 Å². The average Bonchev–Trinajstić information content (AvgIpc) is 3.76. The van der Waals surface area contributed by atoms with Crippen LogP contribution in [-0.2, 0) is 6.42 Å². The van der Waals surface area contributed by atoms with Crippen molar-refractivity contribution in [2.75, 3.05) is 4.90 Å². The van der Waals surface area contributed by atoms with Crippen LogP contribution >= 0.6 is 11.3 Å². The van der Waals surface area contributed by atoms with Crippen LogP contribution in [-0.4, -0.2) is 12.1 Å². The summed E-state index contributed by atoms with van der Waals surface area (Å²) in [5.74, 6) is 2.33. The van der Waals surface area contributed by atoms with E-state index >= 15 is 0 Å². The topological polar surface area (TPSA) is 12.5 Å². The molecule has 0 amide bonds. The molecule has 4 aromatic carbocycles. The molecular weight excluding hydrogens is 675 g/mol. The Morgan fingerprint density at radius 3 is 2.41 bits per heavy atom. The number of ether oxygens (including phenoxy) is 1. The molecule has 2 nitrogen and oxygen atoms in total. The summed E-state index contributed by atoms with van der Waals surface area (Å²) in [4.78, 5) is 4.13. The van der Waals surface area contributed by atoms with Crippen molar-refractivity contribution < 1.29 is 4.74 Å². The van der Waals surface area contributed by atoms with Crippen LogP contribution in [0.4, 0.5) is 5.69 Å². The van der Waals surface area contributed by atoms with Crippen LogP contribution in [0.3, 0.4) is 0 Å². The summed E-state index contributed by atoms with van der Waals surface area (Å²) in [6, 6.07) is 37.6. The molecule has 0 fully saturated rings. The summed E-state index contributed by atoms with van der Waals surface area (Å²) in [5, 5.41) is 1.41. The highest BCUT2D eigenvalue weighted by Gasteiger charge is 2.39. The number of hydrogen-bond acceptors (Lipinski definition) is 3. The van der Waals surface area contributed by atoms with Crippen molar-refractivity contribution in [3.63, 3.8) is 0 Å². The average molecular weight is 722 g/mol. The second kappa shape index (κ2) is 13.3. The van der Waals surface area contributed by atoms with E-state index in [0.717, 1.165) is 31.4 Å². The molecular formula is C51H47NOS. The molecule has 0 spiro atoms. The third-order valence-corrected chi connectivity index (χ3v) is 14.0. The van der Waals surface area contributed by atoms with Gasteiger partial charge >= 0.3 is 0 Å². The summed E-state index contributed by atoms with van der Waals surface area (Å²) < 4.78 is 7.76. The van der Waals surface area contributed by atoms with Gasteiger partial charge in [-0.05, 0) is 95.5 Å². The first-order valence-corrected chi connectivity index (χ1v) is 20.7. The second-order valence-corrected chi connectivity index (χ2v) is 17.4. The van der Waals surface area contributed by atoms with Gasteiger partial charge in [0.15, 0.2) is 0 Å². The molecule has 10 rings (SSSR count). The van der Waals surface area contributed by atoms with E-state index in [4.69, 9.17) is 4.74 Å². The third-order valence-electron chi connectivity index (χ3n) is 12.8. The fraction of sp³-hybridized carbons (Fsp3) is 0.255. The number of allylic oxidation sites excluding steroid dienone is 7. The van der Waals surface area contributed by atoms with E-state index in [-0.39, 0.29) is 17.6 Å². The largest absolute Gasteiger partial charge is 0.485 e. The standard InChI is InChI=1S/C51H47NOS/c1-33-29-40(25-26-41(33)44-31-45-43-14-8-10-16-49(43)54-50(45)30-34(44)2)52(38-21-17-36(18-22-38)35-11-5-4-6-12-35)39-23-19-37(20-24-39)51(3)28-27-48-46(32-51)42-13-7-9-15-47(42)53-48/h4-23,25-26,29,31-34,39,41,48H,24,27-28,30H2,1-3H3. The number of fused-ring (bicyclic) bond motifs is 6. The molecule has 1 aromatic heterocycles. The zero-order valence-corrected chi connectivity index (χ0v) is 32.2. The third kappa shape index (κ3) is 5.76. The molecule has 0 saturated heterocycles. The molecule has 0 bridgehead atoms. The van der Waals surface area contributed by atoms with Gasteiger partial charge in [-0.3, -0.25) is 0 Å². The van der Waals surface area contributed by atoms with Gasteiger partial charge in [0.25, 0.3) is 0 Å². The van der Waals surface area contributed by atoms with Gasteiger partial charge in [0.2, 0.25) is 0 Å². The molecule has 6 atom stereocenters. The summed E-state index contributed by atoms with van der Waals surface area (Å²) >= 11 is 1.98. The molecule has 54 heavy (non-hydrogen) atoms. The number of hydrogen-bond donors (Lipinski definition) is 0. The zero-order valence-electron chi connectivity index (χ0n) is 31.4. The van der Waals surface area contributed by atoms with Crippen LogP contribution in [0.2, 0.25) is 0 Å². The fourth-order valence-corrected chi connectivity index (χ4v) is 11.1. The van der Waals surface area contributed by atoms with Gasteiger partial charge in [0.05, 0.1) is 6.04 Å². The maximum Gasteiger partial charge on any atom is 0.127 e. The summed E-state index contributed by atoms with van der Waals surface area (Å²) in [6.45, 7) is 7.27. The van der Waals surface area contributed by atoms with E-state index in [9.17, 15) is 0 Å². The molecule has 2 heterocycles. The molecule has 268 valence electrons. The SMILES string of the molecule is CC1Cc2sc3ccccc3c2C=C1C1C=CC(N(c2ccc(-c3ccccc3)cc2)C2C=CC(C3(C)C=C4c5ccccc5OC4CC3)=CC2)=CC1C. The van der Waals surface area contributed by atoms with E-state index in [0.29, 0.717) is 17.8 Å². The smallest absolute Gasteiger partial charge is 0.127 e. The van der Waals surface area contributed by atoms with Crippen LogP contribution in [0.25, 0.3) is 32.9 Å². The highest BCUT2D eigenvalue weighted by atomic mass is 32.1. The number of nitrogens with zero attached hydrogens (tertiary/aromatic N) is 1. The van der Waals surface area contributed by atoms with Gasteiger partial charge < -0.3 is 9.64 Å². The van der Waals surface area contributed by atoms with Gasteiger partial charge in [0.1, 0.15) is 11.9 Å². The second-order valence-electron chi connectivity index (χ2n) is 16.3. The van der Waals surface area contributed by atoms with Crippen molar-refractivity contribution in [2.24, 2.45) is 23.2 Å². The number of anilines is 1. The highest BCUT2D eigenvalue weighted by molar-refractivity contribution is 7.19. The fourth-order valence-electron chi connectivity index (χ4n) is 9.80. The predicted octanol–water partition coefficient (Wildman–Crippen LogP) is 13.3. The van der Waals surface area contributed by atoms with Crippen molar-refractivity contribution in [1.29, 1.82) is 0 Å². The maximum atomic E-state index is 6.35. The number of rotatable bonds is 6. The molecule has 0 N–H and O–H groups in total. The minimum Gasteiger partial charge on any atom is -0.485 e. The minimum atomic E-state index is -0.0138. The Labute approximate surface area is 324 Å². The van der Waals surface area contributed by atoms with Crippen LogP contribution in [0.5, 0.6) is 5.75 Å². The number of benzene rings is 4. The van der Waals surface area contributed by atoms with Gasteiger partial charge in [-0.2, -0.15) is 0 Å². The summed E-state index contributed by atoms with van der Waals surface area (Å²) in [7, 11) is 0.